The van der Waals surface area contributed by atoms with Gasteiger partial charge in [-0.05, 0) is 43.2 Å². The molecule has 0 aliphatic carbocycles. The van der Waals surface area contributed by atoms with Crippen LogP contribution in [0.2, 0.25) is 5.02 Å². The van der Waals surface area contributed by atoms with Crippen LogP contribution in [-0.4, -0.2) is 10.5 Å². The standard InChI is InChI=1S/C19H17ClN2O2/c1-12-9-13(2)19-16(10-12)22(8-7-17(19)23)11-18(24)21-15-6-4-3-5-14(15)20/h3-10H,11H2,1-2H3,(H,21,24). The zero-order valence-electron chi connectivity index (χ0n) is 13.5. The van der Waals surface area contributed by atoms with Crippen molar-refractivity contribution < 1.29 is 4.79 Å². The van der Waals surface area contributed by atoms with Crippen molar-refractivity contribution in [1.82, 2.24) is 4.57 Å². The molecular formula is C19H17ClN2O2. The molecular weight excluding hydrogens is 324 g/mol. The molecule has 0 spiro atoms. The number of amides is 1. The number of aromatic nitrogens is 1. The number of carbonyl (C=O) groups is 1. The monoisotopic (exact) mass is 340 g/mol. The molecule has 3 rings (SSSR count). The van der Waals surface area contributed by atoms with Crippen LogP contribution in [0.1, 0.15) is 11.1 Å². The number of anilines is 1. The second kappa shape index (κ2) is 6.49. The lowest BCUT2D eigenvalue weighted by atomic mass is 10.1. The van der Waals surface area contributed by atoms with Gasteiger partial charge in [0.1, 0.15) is 6.54 Å². The molecule has 3 aromatic rings. The van der Waals surface area contributed by atoms with Crippen LogP contribution in [-0.2, 0) is 11.3 Å². The highest BCUT2D eigenvalue weighted by Crippen LogP contribution is 2.21. The number of halogens is 1. The van der Waals surface area contributed by atoms with Gasteiger partial charge in [0, 0.05) is 17.6 Å². The average Bonchev–Trinajstić information content (AvgIpc) is 2.52. The summed E-state index contributed by atoms with van der Waals surface area (Å²) in [5.41, 5.74) is 3.25. The topological polar surface area (TPSA) is 51.1 Å². The quantitative estimate of drug-likeness (QED) is 0.786. The smallest absolute Gasteiger partial charge is 0.244 e. The van der Waals surface area contributed by atoms with Gasteiger partial charge >= 0.3 is 0 Å². The number of hydrogen-bond donors (Lipinski definition) is 1. The van der Waals surface area contributed by atoms with Crippen molar-refractivity contribution >= 4 is 34.1 Å². The number of benzene rings is 2. The third-order valence-electron chi connectivity index (χ3n) is 3.88. The highest BCUT2D eigenvalue weighted by molar-refractivity contribution is 6.33. The third kappa shape index (κ3) is 3.19. The van der Waals surface area contributed by atoms with Crippen LogP contribution in [0.25, 0.3) is 10.9 Å². The fourth-order valence-electron chi connectivity index (χ4n) is 2.86. The minimum Gasteiger partial charge on any atom is -0.338 e. The second-order valence-electron chi connectivity index (χ2n) is 5.81. The molecule has 1 aromatic heterocycles. The van der Waals surface area contributed by atoms with Gasteiger partial charge in [0.2, 0.25) is 5.91 Å². The summed E-state index contributed by atoms with van der Waals surface area (Å²) < 4.78 is 1.78. The molecule has 0 unspecified atom stereocenters. The van der Waals surface area contributed by atoms with Crippen LogP contribution in [0.5, 0.6) is 0 Å². The van der Waals surface area contributed by atoms with E-state index in [0.717, 1.165) is 16.6 Å². The van der Waals surface area contributed by atoms with E-state index in [4.69, 9.17) is 11.6 Å². The molecule has 122 valence electrons. The van der Waals surface area contributed by atoms with Crippen LogP contribution in [0.15, 0.2) is 53.5 Å². The fraction of sp³-hybridized carbons (Fsp3) is 0.158. The van der Waals surface area contributed by atoms with E-state index in [0.29, 0.717) is 16.1 Å². The number of para-hydroxylation sites is 1. The highest BCUT2D eigenvalue weighted by atomic mass is 35.5. The fourth-order valence-corrected chi connectivity index (χ4v) is 3.04. The third-order valence-corrected chi connectivity index (χ3v) is 4.21. The molecule has 1 amide bonds. The van der Waals surface area contributed by atoms with Gasteiger partial charge in [-0.25, -0.2) is 0 Å². The summed E-state index contributed by atoms with van der Waals surface area (Å²) in [5.74, 6) is -0.202. The summed E-state index contributed by atoms with van der Waals surface area (Å²) in [6.07, 6.45) is 1.65. The lowest BCUT2D eigenvalue weighted by Gasteiger charge is -2.13. The van der Waals surface area contributed by atoms with Crippen molar-refractivity contribution in [2.45, 2.75) is 20.4 Å². The predicted octanol–water partition coefficient (Wildman–Crippen LogP) is 3.91. The van der Waals surface area contributed by atoms with E-state index >= 15 is 0 Å². The predicted molar refractivity (Wildman–Crippen MR) is 97.8 cm³/mol. The van der Waals surface area contributed by atoms with Crippen LogP contribution in [0.4, 0.5) is 5.69 Å². The minimum atomic E-state index is -0.202. The number of nitrogens with one attached hydrogen (secondary N) is 1. The second-order valence-corrected chi connectivity index (χ2v) is 6.22. The van der Waals surface area contributed by atoms with E-state index in [1.165, 1.54) is 6.07 Å². The summed E-state index contributed by atoms with van der Waals surface area (Å²) in [4.78, 5) is 24.5. The largest absolute Gasteiger partial charge is 0.338 e. The van der Waals surface area contributed by atoms with Crippen molar-refractivity contribution in [3.8, 4) is 0 Å². The van der Waals surface area contributed by atoms with E-state index in [9.17, 15) is 9.59 Å². The van der Waals surface area contributed by atoms with Gasteiger partial charge in [0.15, 0.2) is 5.43 Å². The minimum absolute atomic E-state index is 0.0368. The van der Waals surface area contributed by atoms with Gasteiger partial charge in [-0.2, -0.15) is 0 Å². The zero-order chi connectivity index (χ0) is 17.3. The first-order valence-electron chi connectivity index (χ1n) is 7.60. The molecule has 0 saturated carbocycles. The number of hydrogen-bond acceptors (Lipinski definition) is 2. The number of nitrogens with zero attached hydrogens (tertiary/aromatic N) is 1. The number of pyridine rings is 1. The number of aryl methyl sites for hydroxylation is 2. The maximum atomic E-state index is 12.4. The zero-order valence-corrected chi connectivity index (χ0v) is 14.2. The van der Waals surface area contributed by atoms with E-state index in [-0.39, 0.29) is 17.9 Å². The van der Waals surface area contributed by atoms with Gasteiger partial charge in [-0.1, -0.05) is 29.8 Å². The van der Waals surface area contributed by atoms with E-state index in [1.54, 1.807) is 29.0 Å². The Balaban J connectivity index is 1.96. The van der Waals surface area contributed by atoms with Crippen molar-refractivity contribution in [2.24, 2.45) is 0 Å². The average molecular weight is 341 g/mol. The molecule has 0 atom stereocenters. The van der Waals surface area contributed by atoms with Gasteiger partial charge in [-0.15, -0.1) is 0 Å². The molecule has 0 saturated heterocycles. The molecule has 0 aliphatic rings. The van der Waals surface area contributed by atoms with E-state index in [2.05, 4.69) is 5.32 Å². The van der Waals surface area contributed by atoms with Crippen molar-refractivity contribution in [1.29, 1.82) is 0 Å². The molecule has 1 heterocycles. The number of fused-ring (bicyclic) bond motifs is 1. The molecule has 4 nitrogen and oxygen atoms in total. The van der Waals surface area contributed by atoms with Crippen molar-refractivity contribution in [3.63, 3.8) is 0 Å². The van der Waals surface area contributed by atoms with Gasteiger partial charge < -0.3 is 9.88 Å². The number of carbonyl (C=O) groups excluding carboxylic acids is 1. The molecule has 0 bridgehead atoms. The molecule has 0 aliphatic heterocycles. The normalized spacial score (nSPS) is 10.8. The van der Waals surface area contributed by atoms with Crippen LogP contribution in [0, 0.1) is 13.8 Å². The molecule has 1 N–H and O–H groups in total. The maximum Gasteiger partial charge on any atom is 0.244 e. The van der Waals surface area contributed by atoms with Gasteiger partial charge in [0.05, 0.1) is 16.2 Å². The molecule has 5 heteroatoms. The molecule has 2 aromatic carbocycles. The molecule has 0 fully saturated rings. The van der Waals surface area contributed by atoms with Crippen LogP contribution < -0.4 is 10.7 Å². The van der Waals surface area contributed by atoms with Gasteiger partial charge in [0.25, 0.3) is 0 Å². The Hall–Kier alpha value is -2.59. The summed E-state index contributed by atoms with van der Waals surface area (Å²) in [5, 5.41) is 3.93. The summed E-state index contributed by atoms with van der Waals surface area (Å²) in [7, 11) is 0. The maximum absolute atomic E-state index is 12.4. The first kappa shape index (κ1) is 16.3. The Kier molecular flexibility index (Phi) is 4.40. The lowest BCUT2D eigenvalue weighted by Crippen LogP contribution is -2.20. The van der Waals surface area contributed by atoms with Crippen LogP contribution >= 0.6 is 11.6 Å². The number of rotatable bonds is 3. The van der Waals surface area contributed by atoms with Crippen molar-refractivity contribution in [2.75, 3.05) is 5.32 Å². The van der Waals surface area contributed by atoms with Crippen LogP contribution in [0.3, 0.4) is 0 Å². The Morgan fingerprint density at radius 2 is 1.92 bits per heavy atom. The first-order valence-corrected chi connectivity index (χ1v) is 7.98. The Morgan fingerprint density at radius 1 is 1.17 bits per heavy atom. The summed E-state index contributed by atoms with van der Waals surface area (Å²) in [6, 6.07) is 12.5. The lowest BCUT2D eigenvalue weighted by molar-refractivity contribution is -0.116. The van der Waals surface area contributed by atoms with E-state index < -0.39 is 0 Å². The van der Waals surface area contributed by atoms with E-state index in [1.807, 2.05) is 32.0 Å². The summed E-state index contributed by atoms with van der Waals surface area (Å²) >= 11 is 6.07. The van der Waals surface area contributed by atoms with Crippen molar-refractivity contribution in [3.05, 3.63) is 75.0 Å². The highest BCUT2D eigenvalue weighted by Gasteiger charge is 2.10. The van der Waals surface area contributed by atoms with Gasteiger partial charge in [-0.3, -0.25) is 9.59 Å². The Bertz CT molecular complexity index is 992. The summed E-state index contributed by atoms with van der Waals surface area (Å²) in [6.45, 7) is 3.98. The first-order chi connectivity index (χ1) is 11.5. The molecule has 24 heavy (non-hydrogen) atoms. The Labute approximate surface area is 144 Å². The Morgan fingerprint density at radius 3 is 2.67 bits per heavy atom. The SMILES string of the molecule is Cc1cc(C)c2c(=O)ccn(CC(=O)Nc3ccccc3Cl)c2c1. The molecule has 0 radical (unpaired) electrons.